The zero-order chi connectivity index (χ0) is 13.8. The van der Waals surface area contributed by atoms with Crippen molar-refractivity contribution < 1.29 is 4.74 Å². The molecule has 0 radical (unpaired) electrons. The van der Waals surface area contributed by atoms with Gasteiger partial charge in [0.15, 0.2) is 0 Å². The first kappa shape index (κ1) is 14.3. The smallest absolute Gasteiger partial charge is 0.0752 e. The van der Waals surface area contributed by atoms with Crippen molar-refractivity contribution in [2.24, 2.45) is 0 Å². The molecule has 0 bridgehead atoms. The van der Waals surface area contributed by atoms with Gasteiger partial charge >= 0.3 is 0 Å². The summed E-state index contributed by atoms with van der Waals surface area (Å²) in [6.07, 6.45) is 0. The highest BCUT2D eigenvalue weighted by Gasteiger charge is 2.08. The molecule has 0 aliphatic carbocycles. The van der Waals surface area contributed by atoms with Crippen LogP contribution in [0.2, 0.25) is 5.02 Å². The summed E-state index contributed by atoms with van der Waals surface area (Å²) in [7, 11) is 1.71. The Morgan fingerprint density at radius 1 is 1.32 bits per heavy atom. The summed E-state index contributed by atoms with van der Waals surface area (Å²) >= 11 is 6.17. The van der Waals surface area contributed by atoms with Crippen LogP contribution in [0.1, 0.15) is 16.8 Å². The molecule has 0 saturated heterocycles. The number of ether oxygens (including phenoxy) is 1. The van der Waals surface area contributed by atoms with Crippen LogP contribution in [-0.2, 0) is 11.3 Å². The molecule has 0 unspecified atom stereocenters. The van der Waals surface area contributed by atoms with Gasteiger partial charge in [-0.1, -0.05) is 17.7 Å². The summed E-state index contributed by atoms with van der Waals surface area (Å²) < 4.78 is 5.03. The van der Waals surface area contributed by atoms with E-state index in [4.69, 9.17) is 16.3 Å². The van der Waals surface area contributed by atoms with Crippen molar-refractivity contribution in [2.75, 3.05) is 20.3 Å². The fourth-order valence-corrected chi connectivity index (χ4v) is 2.31. The molecule has 0 saturated carbocycles. The molecule has 0 fully saturated rings. The zero-order valence-electron chi connectivity index (χ0n) is 11.6. The first-order valence-electron chi connectivity index (χ1n) is 6.38. The molecule has 1 heterocycles. The van der Waals surface area contributed by atoms with Gasteiger partial charge in [0.05, 0.1) is 12.1 Å². The number of pyridine rings is 1. The quantitative estimate of drug-likeness (QED) is 0.853. The summed E-state index contributed by atoms with van der Waals surface area (Å²) in [5.41, 5.74) is 4.30. The second-order valence-corrected chi connectivity index (χ2v) is 5.07. The Hall–Kier alpha value is -1.16. The summed E-state index contributed by atoms with van der Waals surface area (Å²) in [5, 5.41) is 5.30. The Balaban J connectivity index is 2.35. The number of methoxy groups -OCH3 is 1. The highest BCUT2D eigenvalue weighted by Crippen LogP contribution is 2.26. The van der Waals surface area contributed by atoms with Crippen LogP contribution in [0.3, 0.4) is 0 Å². The number of halogens is 1. The van der Waals surface area contributed by atoms with E-state index in [2.05, 4.69) is 16.4 Å². The Morgan fingerprint density at radius 2 is 2.11 bits per heavy atom. The molecule has 19 heavy (non-hydrogen) atoms. The molecule has 3 nitrogen and oxygen atoms in total. The van der Waals surface area contributed by atoms with Crippen molar-refractivity contribution in [1.29, 1.82) is 0 Å². The van der Waals surface area contributed by atoms with Crippen LogP contribution >= 0.6 is 11.6 Å². The third-order valence-electron chi connectivity index (χ3n) is 3.18. The van der Waals surface area contributed by atoms with E-state index in [9.17, 15) is 0 Å². The summed E-state index contributed by atoms with van der Waals surface area (Å²) in [6.45, 7) is 6.39. The molecule has 0 amide bonds. The van der Waals surface area contributed by atoms with Gasteiger partial charge in [-0.2, -0.15) is 0 Å². The summed E-state index contributed by atoms with van der Waals surface area (Å²) in [4.78, 5) is 4.60. The zero-order valence-corrected chi connectivity index (χ0v) is 12.3. The first-order chi connectivity index (χ1) is 9.13. The Kier molecular flexibility index (Phi) is 4.75. The van der Waals surface area contributed by atoms with Gasteiger partial charge < -0.3 is 10.1 Å². The number of hydrogen-bond acceptors (Lipinski definition) is 3. The molecule has 4 heteroatoms. The van der Waals surface area contributed by atoms with Crippen LogP contribution in [0.15, 0.2) is 18.2 Å². The van der Waals surface area contributed by atoms with Gasteiger partial charge in [-0.3, -0.25) is 4.98 Å². The number of aryl methyl sites for hydroxylation is 2. The Morgan fingerprint density at radius 3 is 2.84 bits per heavy atom. The Labute approximate surface area is 118 Å². The lowest BCUT2D eigenvalue weighted by atomic mass is 10.0. The van der Waals surface area contributed by atoms with Crippen LogP contribution in [0, 0.1) is 13.8 Å². The van der Waals surface area contributed by atoms with E-state index in [1.807, 2.05) is 26.0 Å². The molecule has 1 aromatic heterocycles. The Bertz CT molecular complexity index is 584. The molecule has 0 atom stereocenters. The van der Waals surface area contributed by atoms with Crippen LogP contribution in [-0.4, -0.2) is 25.2 Å². The number of nitrogens with one attached hydrogen (secondary N) is 1. The second kappa shape index (κ2) is 6.33. The van der Waals surface area contributed by atoms with E-state index in [0.29, 0.717) is 6.61 Å². The minimum Gasteiger partial charge on any atom is -0.383 e. The number of fused-ring (bicyclic) bond motifs is 1. The van der Waals surface area contributed by atoms with Gasteiger partial charge in [-0.25, -0.2) is 0 Å². The van der Waals surface area contributed by atoms with E-state index in [1.165, 1.54) is 5.56 Å². The SMILES string of the molecule is COCCNCc1cc(C)nc2c(C)c(Cl)ccc12. The lowest BCUT2D eigenvalue weighted by Gasteiger charge is -2.11. The lowest BCUT2D eigenvalue weighted by molar-refractivity contribution is 0.199. The van der Waals surface area contributed by atoms with Crippen molar-refractivity contribution in [3.8, 4) is 0 Å². The molecule has 2 aromatic rings. The minimum absolute atomic E-state index is 0.715. The third-order valence-corrected chi connectivity index (χ3v) is 3.59. The average molecular weight is 279 g/mol. The molecule has 0 aliphatic heterocycles. The van der Waals surface area contributed by atoms with Crippen molar-refractivity contribution in [3.63, 3.8) is 0 Å². The molecular weight excluding hydrogens is 260 g/mol. The van der Waals surface area contributed by atoms with Gasteiger partial charge in [0.2, 0.25) is 0 Å². The van der Waals surface area contributed by atoms with Crippen LogP contribution in [0.5, 0.6) is 0 Å². The number of hydrogen-bond donors (Lipinski definition) is 1. The van der Waals surface area contributed by atoms with E-state index in [1.54, 1.807) is 7.11 Å². The molecule has 2 rings (SSSR count). The predicted octanol–water partition coefficient (Wildman–Crippen LogP) is 3.24. The standard InChI is InChI=1S/C15H19ClN2O/c1-10-8-12(9-17-6-7-19-3)13-4-5-14(16)11(2)15(13)18-10/h4-5,8,17H,6-7,9H2,1-3H3. The lowest BCUT2D eigenvalue weighted by Crippen LogP contribution is -2.18. The number of nitrogens with zero attached hydrogens (tertiary/aromatic N) is 1. The summed E-state index contributed by atoms with van der Waals surface area (Å²) in [6, 6.07) is 6.11. The number of aromatic nitrogens is 1. The monoisotopic (exact) mass is 278 g/mol. The van der Waals surface area contributed by atoms with Crippen LogP contribution in [0.25, 0.3) is 10.9 Å². The van der Waals surface area contributed by atoms with Gasteiger partial charge in [0.25, 0.3) is 0 Å². The third kappa shape index (κ3) is 3.24. The fraction of sp³-hybridized carbons (Fsp3) is 0.400. The average Bonchev–Trinajstić information content (AvgIpc) is 2.39. The van der Waals surface area contributed by atoms with Gasteiger partial charge in [0.1, 0.15) is 0 Å². The normalized spacial score (nSPS) is 11.2. The van der Waals surface area contributed by atoms with Crippen LogP contribution in [0.4, 0.5) is 0 Å². The first-order valence-corrected chi connectivity index (χ1v) is 6.76. The van der Waals surface area contributed by atoms with E-state index in [0.717, 1.165) is 40.3 Å². The molecule has 1 N–H and O–H groups in total. The highest BCUT2D eigenvalue weighted by molar-refractivity contribution is 6.32. The van der Waals surface area contributed by atoms with Gasteiger partial charge in [-0.15, -0.1) is 0 Å². The maximum atomic E-state index is 6.17. The number of benzene rings is 1. The topological polar surface area (TPSA) is 34.1 Å². The van der Waals surface area contributed by atoms with Gasteiger partial charge in [0, 0.05) is 36.3 Å². The largest absolute Gasteiger partial charge is 0.383 e. The molecule has 1 aromatic carbocycles. The van der Waals surface area contributed by atoms with Crippen LogP contribution < -0.4 is 5.32 Å². The van der Waals surface area contributed by atoms with E-state index < -0.39 is 0 Å². The molecular formula is C15H19ClN2O. The van der Waals surface area contributed by atoms with Crippen molar-refractivity contribution >= 4 is 22.5 Å². The van der Waals surface area contributed by atoms with Crippen molar-refractivity contribution in [2.45, 2.75) is 20.4 Å². The van der Waals surface area contributed by atoms with Crippen molar-refractivity contribution in [3.05, 3.63) is 40.0 Å². The predicted molar refractivity (Wildman–Crippen MR) is 79.8 cm³/mol. The van der Waals surface area contributed by atoms with Gasteiger partial charge in [-0.05, 0) is 37.1 Å². The molecule has 102 valence electrons. The van der Waals surface area contributed by atoms with Crippen molar-refractivity contribution in [1.82, 2.24) is 10.3 Å². The minimum atomic E-state index is 0.715. The highest BCUT2D eigenvalue weighted by atomic mass is 35.5. The second-order valence-electron chi connectivity index (χ2n) is 4.66. The maximum Gasteiger partial charge on any atom is 0.0752 e. The number of rotatable bonds is 5. The van der Waals surface area contributed by atoms with E-state index >= 15 is 0 Å². The maximum absolute atomic E-state index is 6.17. The molecule has 0 spiro atoms. The molecule has 0 aliphatic rings. The summed E-state index contributed by atoms with van der Waals surface area (Å²) in [5.74, 6) is 0. The fourth-order valence-electron chi connectivity index (χ4n) is 2.16. The van der Waals surface area contributed by atoms with E-state index in [-0.39, 0.29) is 0 Å².